The molecule has 26 heavy (non-hydrogen) atoms. The topological polar surface area (TPSA) is 87.7 Å². The Bertz CT molecular complexity index is 826. The number of aromatic nitrogens is 2. The summed E-state index contributed by atoms with van der Waals surface area (Å²) in [4.78, 5) is 36.8. The van der Waals surface area contributed by atoms with Gasteiger partial charge in [-0.3, -0.25) is 9.59 Å². The molecule has 0 saturated carbocycles. The molecule has 0 saturated heterocycles. The molecule has 0 spiro atoms. The van der Waals surface area contributed by atoms with Gasteiger partial charge in [0, 0.05) is 31.8 Å². The number of para-hydroxylation sites is 2. The van der Waals surface area contributed by atoms with Crippen molar-refractivity contribution in [3.63, 3.8) is 0 Å². The van der Waals surface area contributed by atoms with Crippen molar-refractivity contribution in [3.8, 4) is 5.88 Å². The lowest BCUT2D eigenvalue weighted by molar-refractivity contribution is -0.118. The number of nitrogens with one attached hydrogen (secondary N) is 1. The Kier molecular flexibility index (Phi) is 5.01. The Balaban J connectivity index is 1.85. The third-order valence-electron chi connectivity index (χ3n) is 4.17. The van der Waals surface area contributed by atoms with Crippen LogP contribution >= 0.6 is 0 Å². The summed E-state index contributed by atoms with van der Waals surface area (Å²) in [5, 5.41) is 2.85. The van der Waals surface area contributed by atoms with Gasteiger partial charge in [-0.05, 0) is 19.1 Å². The fourth-order valence-electron chi connectivity index (χ4n) is 2.95. The minimum absolute atomic E-state index is 0.0695. The van der Waals surface area contributed by atoms with Crippen LogP contribution < -0.4 is 19.9 Å². The highest BCUT2D eigenvalue weighted by atomic mass is 16.5. The van der Waals surface area contributed by atoms with E-state index in [0.717, 1.165) is 0 Å². The monoisotopic (exact) mass is 355 g/mol. The molecule has 136 valence electrons. The minimum Gasteiger partial charge on any atom is -0.481 e. The molecule has 0 fully saturated rings. The fourth-order valence-corrected chi connectivity index (χ4v) is 2.95. The number of likely N-dealkylation sites (N-methyl/N-ethyl adjacent to an activating group) is 1. The molecule has 1 N–H and O–H groups in total. The smallest absolute Gasteiger partial charge is 0.246 e. The number of ether oxygens (including phenoxy) is 1. The zero-order valence-corrected chi connectivity index (χ0v) is 15.0. The van der Waals surface area contributed by atoms with Crippen LogP contribution in [0.3, 0.4) is 0 Å². The van der Waals surface area contributed by atoms with Crippen molar-refractivity contribution in [3.05, 3.63) is 36.5 Å². The average Bonchev–Trinajstić information content (AvgIpc) is 2.75. The van der Waals surface area contributed by atoms with Crippen LogP contribution in [-0.4, -0.2) is 48.5 Å². The highest BCUT2D eigenvalue weighted by Gasteiger charge is 2.30. The highest BCUT2D eigenvalue weighted by molar-refractivity contribution is 6.05. The minimum atomic E-state index is -0.259. The molecular formula is C18H21N5O3. The Morgan fingerprint density at radius 2 is 2.15 bits per heavy atom. The number of fused-ring (bicyclic) bond motifs is 1. The summed E-state index contributed by atoms with van der Waals surface area (Å²) in [7, 11) is 3.27. The maximum absolute atomic E-state index is 13.0. The van der Waals surface area contributed by atoms with Gasteiger partial charge < -0.3 is 19.9 Å². The second kappa shape index (κ2) is 7.38. The average molecular weight is 355 g/mol. The summed E-state index contributed by atoms with van der Waals surface area (Å²) in [5.74, 6) is 0.570. The van der Waals surface area contributed by atoms with Crippen LogP contribution in [0.15, 0.2) is 36.5 Å². The number of rotatable bonds is 4. The van der Waals surface area contributed by atoms with E-state index in [1.165, 1.54) is 7.11 Å². The molecule has 8 heteroatoms. The molecule has 2 heterocycles. The molecular weight excluding hydrogens is 334 g/mol. The Morgan fingerprint density at radius 1 is 1.38 bits per heavy atom. The van der Waals surface area contributed by atoms with E-state index >= 15 is 0 Å². The standard InChI is InChI=1S/C18H21N5O3/c1-12-10-15(24)20-13-6-4-5-7-14(13)23(12)17(25)11-22(2)18-19-9-8-16(21-18)26-3/h4-9,12H,10-11H2,1-3H3,(H,20,24). The van der Waals surface area contributed by atoms with Gasteiger partial charge in [0.1, 0.15) is 0 Å². The number of hydrogen-bond acceptors (Lipinski definition) is 6. The molecule has 2 amide bonds. The van der Waals surface area contributed by atoms with Crippen LogP contribution in [-0.2, 0) is 9.59 Å². The lowest BCUT2D eigenvalue weighted by atomic mass is 10.1. The molecule has 0 radical (unpaired) electrons. The van der Waals surface area contributed by atoms with E-state index in [1.807, 2.05) is 25.1 Å². The van der Waals surface area contributed by atoms with Gasteiger partial charge in [0.15, 0.2) is 0 Å². The molecule has 0 aliphatic carbocycles. The van der Waals surface area contributed by atoms with Gasteiger partial charge in [-0.2, -0.15) is 4.98 Å². The van der Waals surface area contributed by atoms with Crippen LogP contribution in [0.2, 0.25) is 0 Å². The van der Waals surface area contributed by atoms with E-state index in [2.05, 4.69) is 15.3 Å². The van der Waals surface area contributed by atoms with Crippen LogP contribution in [0.5, 0.6) is 5.88 Å². The van der Waals surface area contributed by atoms with Crippen molar-refractivity contribution < 1.29 is 14.3 Å². The van der Waals surface area contributed by atoms with Gasteiger partial charge >= 0.3 is 0 Å². The second-order valence-corrected chi connectivity index (χ2v) is 6.14. The van der Waals surface area contributed by atoms with Crippen LogP contribution in [0, 0.1) is 0 Å². The molecule has 1 aliphatic rings. The summed E-state index contributed by atoms with van der Waals surface area (Å²) in [6.07, 6.45) is 1.81. The normalized spacial score (nSPS) is 16.3. The maximum atomic E-state index is 13.0. The Morgan fingerprint density at radius 3 is 2.92 bits per heavy atom. The van der Waals surface area contributed by atoms with Crippen LogP contribution in [0.4, 0.5) is 17.3 Å². The largest absolute Gasteiger partial charge is 0.481 e. The summed E-state index contributed by atoms with van der Waals surface area (Å²) in [5.41, 5.74) is 1.33. The zero-order chi connectivity index (χ0) is 18.7. The van der Waals surface area contributed by atoms with E-state index in [-0.39, 0.29) is 30.8 Å². The predicted molar refractivity (Wildman–Crippen MR) is 98.5 cm³/mol. The predicted octanol–water partition coefficient (Wildman–Crippen LogP) is 1.69. The van der Waals surface area contributed by atoms with Gasteiger partial charge in [0.25, 0.3) is 0 Å². The molecule has 8 nitrogen and oxygen atoms in total. The molecule has 2 aromatic rings. The lowest BCUT2D eigenvalue weighted by Crippen LogP contribution is -2.44. The number of carbonyl (C=O) groups excluding carboxylic acids is 2. The molecule has 3 rings (SSSR count). The first-order valence-electron chi connectivity index (χ1n) is 8.28. The van der Waals surface area contributed by atoms with Gasteiger partial charge in [0.2, 0.25) is 23.6 Å². The van der Waals surface area contributed by atoms with Crippen LogP contribution in [0.1, 0.15) is 13.3 Å². The van der Waals surface area contributed by atoms with Crippen molar-refractivity contribution in [2.45, 2.75) is 19.4 Å². The first-order chi connectivity index (χ1) is 12.5. The van der Waals surface area contributed by atoms with E-state index in [9.17, 15) is 9.59 Å². The zero-order valence-electron chi connectivity index (χ0n) is 15.0. The second-order valence-electron chi connectivity index (χ2n) is 6.14. The third kappa shape index (κ3) is 3.58. The first kappa shape index (κ1) is 17.7. The van der Waals surface area contributed by atoms with Crippen molar-refractivity contribution in [2.75, 3.05) is 35.8 Å². The first-order valence-corrected chi connectivity index (χ1v) is 8.28. The number of nitrogens with zero attached hydrogens (tertiary/aromatic N) is 4. The van der Waals surface area contributed by atoms with E-state index in [1.54, 1.807) is 35.2 Å². The molecule has 0 bridgehead atoms. The third-order valence-corrected chi connectivity index (χ3v) is 4.17. The number of carbonyl (C=O) groups is 2. The summed E-state index contributed by atoms with van der Waals surface area (Å²) in [6.45, 7) is 1.93. The van der Waals surface area contributed by atoms with E-state index in [0.29, 0.717) is 23.2 Å². The molecule has 1 aromatic heterocycles. The lowest BCUT2D eigenvalue weighted by Gasteiger charge is -2.29. The SMILES string of the molecule is COc1ccnc(N(C)CC(=O)N2c3ccccc3NC(=O)CC2C)n1. The van der Waals surface area contributed by atoms with Crippen molar-refractivity contribution in [1.82, 2.24) is 9.97 Å². The van der Waals surface area contributed by atoms with Gasteiger partial charge in [-0.1, -0.05) is 12.1 Å². The quantitative estimate of drug-likeness (QED) is 0.898. The highest BCUT2D eigenvalue weighted by Crippen LogP contribution is 2.31. The Labute approximate surface area is 151 Å². The van der Waals surface area contributed by atoms with E-state index in [4.69, 9.17) is 4.74 Å². The van der Waals surface area contributed by atoms with Gasteiger partial charge in [-0.25, -0.2) is 4.98 Å². The maximum Gasteiger partial charge on any atom is 0.246 e. The summed E-state index contributed by atoms with van der Waals surface area (Å²) in [6, 6.07) is 8.68. The number of amides is 2. The van der Waals surface area contributed by atoms with Crippen LogP contribution in [0.25, 0.3) is 0 Å². The summed E-state index contributed by atoms with van der Waals surface area (Å²) >= 11 is 0. The van der Waals surface area contributed by atoms with Crippen molar-refractivity contribution in [2.24, 2.45) is 0 Å². The number of anilines is 3. The summed E-state index contributed by atoms with van der Waals surface area (Å²) < 4.78 is 5.10. The molecule has 1 aliphatic heterocycles. The molecule has 1 atom stereocenters. The van der Waals surface area contributed by atoms with Gasteiger partial charge in [0.05, 0.1) is 25.0 Å². The van der Waals surface area contributed by atoms with Crippen molar-refractivity contribution in [1.29, 1.82) is 0 Å². The number of methoxy groups -OCH3 is 1. The fraction of sp³-hybridized carbons (Fsp3) is 0.333. The van der Waals surface area contributed by atoms with E-state index < -0.39 is 0 Å². The van der Waals surface area contributed by atoms with Gasteiger partial charge in [-0.15, -0.1) is 0 Å². The van der Waals surface area contributed by atoms with Crippen molar-refractivity contribution >= 4 is 29.1 Å². The molecule has 1 unspecified atom stereocenters. The Hall–Kier alpha value is -3.16. The number of hydrogen-bond donors (Lipinski definition) is 1. The molecule has 1 aromatic carbocycles. The number of benzene rings is 1.